The molecular formula is C17H21ClN2. The van der Waals surface area contributed by atoms with Crippen molar-refractivity contribution in [2.45, 2.75) is 33.4 Å². The minimum absolute atomic E-state index is 0.301. The molecule has 0 aliphatic rings. The van der Waals surface area contributed by atoms with E-state index in [9.17, 15) is 0 Å². The summed E-state index contributed by atoms with van der Waals surface area (Å²) in [5, 5.41) is 4.36. The van der Waals surface area contributed by atoms with Crippen molar-refractivity contribution in [2.75, 3.05) is 0 Å². The van der Waals surface area contributed by atoms with Crippen LogP contribution in [0.4, 0.5) is 0 Å². The standard InChI is InChI=1S/C17H21ClN2/c1-12(2)17(14-5-7-15(18)8-6-14)20-11-16-9-4-13(3)10-19-16/h4-10,12,17,20H,11H2,1-3H3. The normalized spacial score (nSPS) is 12.7. The molecule has 106 valence electrons. The van der Waals surface area contributed by atoms with E-state index in [2.05, 4.69) is 55.3 Å². The Morgan fingerprint density at radius 2 is 1.80 bits per heavy atom. The van der Waals surface area contributed by atoms with Gasteiger partial charge in [-0.2, -0.15) is 0 Å². The number of aromatic nitrogens is 1. The molecule has 0 saturated carbocycles. The molecule has 0 radical (unpaired) electrons. The van der Waals surface area contributed by atoms with Crippen LogP contribution in [-0.2, 0) is 6.54 Å². The first-order valence-corrected chi connectivity index (χ1v) is 7.34. The zero-order chi connectivity index (χ0) is 14.5. The Morgan fingerprint density at radius 3 is 2.35 bits per heavy atom. The zero-order valence-electron chi connectivity index (χ0n) is 12.2. The molecule has 1 aromatic heterocycles. The molecule has 1 N–H and O–H groups in total. The third kappa shape index (κ3) is 4.06. The molecule has 1 aromatic carbocycles. The summed E-state index contributed by atoms with van der Waals surface area (Å²) in [4.78, 5) is 4.43. The van der Waals surface area contributed by atoms with Gasteiger partial charge in [0.05, 0.1) is 5.69 Å². The van der Waals surface area contributed by atoms with Crippen LogP contribution in [-0.4, -0.2) is 4.98 Å². The van der Waals surface area contributed by atoms with Crippen molar-refractivity contribution >= 4 is 11.6 Å². The van der Waals surface area contributed by atoms with Gasteiger partial charge >= 0.3 is 0 Å². The van der Waals surface area contributed by atoms with Crippen LogP contribution in [0, 0.1) is 12.8 Å². The Hall–Kier alpha value is -1.38. The SMILES string of the molecule is Cc1ccc(CNC(c2ccc(Cl)cc2)C(C)C)nc1. The van der Waals surface area contributed by atoms with Crippen molar-refractivity contribution in [3.05, 3.63) is 64.4 Å². The van der Waals surface area contributed by atoms with Gasteiger partial charge in [-0.05, 0) is 42.2 Å². The number of hydrogen-bond donors (Lipinski definition) is 1. The largest absolute Gasteiger partial charge is 0.304 e. The molecule has 2 nitrogen and oxygen atoms in total. The van der Waals surface area contributed by atoms with Gasteiger partial charge in [0, 0.05) is 23.8 Å². The number of benzene rings is 1. The maximum atomic E-state index is 5.95. The van der Waals surface area contributed by atoms with Crippen LogP contribution in [0.5, 0.6) is 0 Å². The van der Waals surface area contributed by atoms with Crippen molar-refractivity contribution in [3.8, 4) is 0 Å². The van der Waals surface area contributed by atoms with Crippen LogP contribution in [0.15, 0.2) is 42.6 Å². The van der Waals surface area contributed by atoms with Crippen molar-refractivity contribution in [1.29, 1.82) is 0 Å². The van der Waals surface area contributed by atoms with Crippen molar-refractivity contribution < 1.29 is 0 Å². The highest BCUT2D eigenvalue weighted by Crippen LogP contribution is 2.23. The lowest BCUT2D eigenvalue weighted by molar-refractivity contribution is 0.408. The first-order chi connectivity index (χ1) is 9.56. The molecule has 2 rings (SSSR count). The second-order valence-corrected chi connectivity index (χ2v) is 5.92. The average Bonchev–Trinajstić information content (AvgIpc) is 2.43. The van der Waals surface area contributed by atoms with Crippen LogP contribution in [0.3, 0.4) is 0 Å². The number of rotatable bonds is 5. The van der Waals surface area contributed by atoms with E-state index in [0.717, 1.165) is 17.3 Å². The summed E-state index contributed by atoms with van der Waals surface area (Å²) in [5.74, 6) is 0.502. The van der Waals surface area contributed by atoms with Gasteiger partial charge < -0.3 is 5.32 Å². The number of nitrogens with one attached hydrogen (secondary N) is 1. The van der Waals surface area contributed by atoms with Gasteiger partial charge in [-0.15, -0.1) is 0 Å². The second kappa shape index (κ2) is 6.87. The summed E-state index contributed by atoms with van der Waals surface area (Å²) < 4.78 is 0. The smallest absolute Gasteiger partial charge is 0.0542 e. The minimum atomic E-state index is 0.301. The highest BCUT2D eigenvalue weighted by molar-refractivity contribution is 6.30. The van der Waals surface area contributed by atoms with Crippen molar-refractivity contribution in [1.82, 2.24) is 10.3 Å². The molecule has 1 atom stereocenters. The monoisotopic (exact) mass is 288 g/mol. The first-order valence-electron chi connectivity index (χ1n) is 6.96. The second-order valence-electron chi connectivity index (χ2n) is 5.48. The van der Waals surface area contributed by atoms with Crippen molar-refractivity contribution in [2.24, 2.45) is 5.92 Å². The highest BCUT2D eigenvalue weighted by Gasteiger charge is 2.15. The average molecular weight is 289 g/mol. The quantitative estimate of drug-likeness (QED) is 0.874. The fourth-order valence-electron chi connectivity index (χ4n) is 2.23. The predicted molar refractivity (Wildman–Crippen MR) is 84.8 cm³/mol. The van der Waals surface area contributed by atoms with Crippen LogP contribution in [0.2, 0.25) is 5.02 Å². The number of nitrogens with zero attached hydrogens (tertiary/aromatic N) is 1. The summed E-state index contributed by atoms with van der Waals surface area (Å²) in [6, 6.07) is 12.5. The fourth-order valence-corrected chi connectivity index (χ4v) is 2.35. The van der Waals surface area contributed by atoms with Gasteiger partial charge in [0.15, 0.2) is 0 Å². The van der Waals surface area contributed by atoms with E-state index in [1.54, 1.807) is 0 Å². The number of hydrogen-bond acceptors (Lipinski definition) is 2. The molecule has 0 amide bonds. The van der Waals surface area contributed by atoms with Gasteiger partial charge in [0.1, 0.15) is 0 Å². The maximum absolute atomic E-state index is 5.95. The molecule has 2 aromatic rings. The Kier molecular flexibility index (Phi) is 5.16. The van der Waals surface area contributed by atoms with Crippen LogP contribution >= 0.6 is 11.6 Å². The van der Waals surface area contributed by atoms with Crippen molar-refractivity contribution in [3.63, 3.8) is 0 Å². The molecule has 0 fully saturated rings. The fraction of sp³-hybridized carbons (Fsp3) is 0.353. The van der Waals surface area contributed by atoms with E-state index in [0.29, 0.717) is 12.0 Å². The Morgan fingerprint density at radius 1 is 1.10 bits per heavy atom. The minimum Gasteiger partial charge on any atom is -0.304 e. The van der Waals surface area contributed by atoms with Gasteiger partial charge in [0.25, 0.3) is 0 Å². The van der Waals surface area contributed by atoms with E-state index < -0.39 is 0 Å². The highest BCUT2D eigenvalue weighted by atomic mass is 35.5. The van der Waals surface area contributed by atoms with Crippen LogP contribution < -0.4 is 5.32 Å². The number of pyridine rings is 1. The van der Waals surface area contributed by atoms with Gasteiger partial charge in [-0.3, -0.25) is 4.98 Å². The van der Waals surface area contributed by atoms with E-state index in [4.69, 9.17) is 11.6 Å². The van der Waals surface area contributed by atoms with E-state index in [1.807, 2.05) is 18.3 Å². The predicted octanol–water partition coefficient (Wildman–Crippen LogP) is 4.53. The third-order valence-corrected chi connectivity index (χ3v) is 3.62. The van der Waals surface area contributed by atoms with Gasteiger partial charge in [0.2, 0.25) is 0 Å². The van der Waals surface area contributed by atoms with E-state index in [-0.39, 0.29) is 0 Å². The molecule has 1 unspecified atom stereocenters. The summed E-state index contributed by atoms with van der Waals surface area (Å²) in [6.07, 6.45) is 1.91. The zero-order valence-corrected chi connectivity index (χ0v) is 13.0. The Labute approximate surface area is 126 Å². The summed E-state index contributed by atoms with van der Waals surface area (Å²) in [7, 11) is 0. The van der Waals surface area contributed by atoms with Crippen LogP contribution in [0.1, 0.15) is 36.7 Å². The van der Waals surface area contributed by atoms with Gasteiger partial charge in [-0.25, -0.2) is 0 Å². The summed E-state index contributed by atoms with van der Waals surface area (Å²) >= 11 is 5.95. The molecule has 1 heterocycles. The topological polar surface area (TPSA) is 24.9 Å². The summed E-state index contributed by atoms with van der Waals surface area (Å²) in [6.45, 7) is 7.25. The maximum Gasteiger partial charge on any atom is 0.0542 e. The van der Waals surface area contributed by atoms with Gasteiger partial charge in [-0.1, -0.05) is 43.6 Å². The Balaban J connectivity index is 2.06. The molecule has 0 aliphatic carbocycles. The van der Waals surface area contributed by atoms with E-state index in [1.165, 1.54) is 11.1 Å². The van der Waals surface area contributed by atoms with E-state index >= 15 is 0 Å². The lowest BCUT2D eigenvalue weighted by Gasteiger charge is -2.23. The van der Waals surface area contributed by atoms with Crippen LogP contribution in [0.25, 0.3) is 0 Å². The molecule has 3 heteroatoms. The molecule has 0 saturated heterocycles. The molecular weight excluding hydrogens is 268 g/mol. The third-order valence-electron chi connectivity index (χ3n) is 3.37. The summed E-state index contributed by atoms with van der Waals surface area (Å²) in [5.41, 5.74) is 3.51. The number of aryl methyl sites for hydroxylation is 1. The lowest BCUT2D eigenvalue weighted by atomic mass is 9.96. The number of halogens is 1. The molecule has 0 spiro atoms. The molecule has 0 aliphatic heterocycles. The first kappa shape index (κ1) is 15.0. The molecule has 20 heavy (non-hydrogen) atoms. The molecule has 0 bridgehead atoms. The lowest BCUT2D eigenvalue weighted by Crippen LogP contribution is -2.25. The Bertz CT molecular complexity index is 532.